The summed E-state index contributed by atoms with van der Waals surface area (Å²) in [4.78, 5) is 5.78. The van der Waals surface area contributed by atoms with Gasteiger partial charge in [0.25, 0.3) is 0 Å². The summed E-state index contributed by atoms with van der Waals surface area (Å²) in [6.45, 7) is 6.19. The van der Waals surface area contributed by atoms with Crippen molar-refractivity contribution in [3.8, 4) is 17.0 Å². The molecule has 0 radical (unpaired) electrons. The topological polar surface area (TPSA) is 46.5 Å². The summed E-state index contributed by atoms with van der Waals surface area (Å²) in [5.74, 6) is 0.772. The molecule has 0 atom stereocenters. The standard InChI is InChI=1S/C20H19N3OS/c1-3-13-24-18-12-8-7-11-17(18)14-21-23-20-22-19(15(2)25-20)16-9-5-4-6-10-16/h3-12,14H,1,13H2,2H3,(H,22,23). The van der Waals surface area contributed by atoms with Gasteiger partial charge in [-0.05, 0) is 19.1 Å². The lowest BCUT2D eigenvalue weighted by molar-refractivity contribution is 0.363. The Hall–Kier alpha value is -2.92. The third kappa shape index (κ3) is 4.33. The van der Waals surface area contributed by atoms with E-state index in [9.17, 15) is 0 Å². The zero-order valence-corrected chi connectivity index (χ0v) is 14.8. The Morgan fingerprint density at radius 1 is 1.16 bits per heavy atom. The molecule has 0 spiro atoms. The molecule has 126 valence electrons. The predicted molar refractivity (Wildman–Crippen MR) is 106 cm³/mol. The van der Waals surface area contributed by atoms with Crippen LogP contribution in [-0.2, 0) is 0 Å². The Labute approximate surface area is 151 Å². The second-order valence-electron chi connectivity index (χ2n) is 5.30. The van der Waals surface area contributed by atoms with Crippen molar-refractivity contribution in [1.82, 2.24) is 4.98 Å². The molecule has 1 N–H and O–H groups in total. The molecule has 3 rings (SSSR count). The molecule has 25 heavy (non-hydrogen) atoms. The highest BCUT2D eigenvalue weighted by atomic mass is 32.1. The summed E-state index contributed by atoms with van der Waals surface area (Å²) in [5.41, 5.74) is 6.00. The van der Waals surface area contributed by atoms with Gasteiger partial charge in [-0.25, -0.2) is 4.98 Å². The molecule has 1 aromatic heterocycles. The highest BCUT2D eigenvalue weighted by molar-refractivity contribution is 7.15. The lowest BCUT2D eigenvalue weighted by atomic mass is 10.1. The lowest BCUT2D eigenvalue weighted by Crippen LogP contribution is -1.97. The van der Waals surface area contributed by atoms with E-state index in [1.54, 1.807) is 23.6 Å². The van der Waals surface area contributed by atoms with Gasteiger partial charge in [-0.3, -0.25) is 5.43 Å². The molecule has 3 aromatic rings. The summed E-state index contributed by atoms with van der Waals surface area (Å²) in [6, 6.07) is 17.9. The van der Waals surface area contributed by atoms with E-state index in [1.807, 2.05) is 42.5 Å². The third-order valence-electron chi connectivity index (χ3n) is 3.48. The number of hydrazone groups is 1. The number of aryl methyl sites for hydroxylation is 1. The van der Waals surface area contributed by atoms with Gasteiger partial charge in [0, 0.05) is 16.0 Å². The second kappa shape index (κ2) is 8.26. The molecule has 0 saturated carbocycles. The summed E-state index contributed by atoms with van der Waals surface area (Å²) in [6.07, 6.45) is 3.45. The largest absolute Gasteiger partial charge is 0.489 e. The van der Waals surface area contributed by atoms with Crippen molar-refractivity contribution in [3.05, 3.63) is 77.7 Å². The maximum atomic E-state index is 5.62. The van der Waals surface area contributed by atoms with E-state index in [-0.39, 0.29) is 0 Å². The van der Waals surface area contributed by atoms with Crippen LogP contribution in [0.1, 0.15) is 10.4 Å². The first-order valence-electron chi connectivity index (χ1n) is 7.92. The average Bonchev–Trinajstić information content (AvgIpc) is 3.02. The number of aromatic nitrogens is 1. The van der Waals surface area contributed by atoms with Gasteiger partial charge < -0.3 is 4.74 Å². The number of nitrogens with one attached hydrogen (secondary N) is 1. The Bertz CT molecular complexity index is 872. The fraction of sp³-hybridized carbons (Fsp3) is 0.100. The van der Waals surface area contributed by atoms with Crippen LogP contribution in [0.4, 0.5) is 5.13 Å². The van der Waals surface area contributed by atoms with Crippen molar-refractivity contribution in [3.63, 3.8) is 0 Å². The van der Waals surface area contributed by atoms with Crippen LogP contribution < -0.4 is 10.2 Å². The zero-order chi connectivity index (χ0) is 17.5. The first kappa shape index (κ1) is 16.9. The minimum atomic E-state index is 0.463. The molecule has 0 unspecified atom stereocenters. The van der Waals surface area contributed by atoms with Gasteiger partial charge in [-0.1, -0.05) is 55.1 Å². The average molecular weight is 349 g/mol. The highest BCUT2D eigenvalue weighted by Gasteiger charge is 2.08. The van der Waals surface area contributed by atoms with Crippen LogP contribution in [-0.4, -0.2) is 17.8 Å². The summed E-state index contributed by atoms with van der Waals surface area (Å²) < 4.78 is 5.62. The molecule has 2 aromatic carbocycles. The number of rotatable bonds is 7. The molecule has 0 aliphatic rings. The van der Waals surface area contributed by atoms with Crippen LogP contribution in [0.25, 0.3) is 11.3 Å². The van der Waals surface area contributed by atoms with E-state index in [4.69, 9.17) is 4.74 Å². The van der Waals surface area contributed by atoms with E-state index >= 15 is 0 Å². The number of hydrogen-bond acceptors (Lipinski definition) is 5. The molecular formula is C20H19N3OS. The van der Waals surface area contributed by atoms with Gasteiger partial charge in [0.2, 0.25) is 5.13 Å². The summed E-state index contributed by atoms with van der Waals surface area (Å²) in [5, 5.41) is 5.06. The zero-order valence-electron chi connectivity index (χ0n) is 14.0. The molecule has 4 nitrogen and oxygen atoms in total. The molecule has 0 aliphatic heterocycles. The van der Waals surface area contributed by atoms with Gasteiger partial charge >= 0.3 is 0 Å². The van der Waals surface area contributed by atoms with E-state index in [0.29, 0.717) is 6.61 Å². The molecular weight excluding hydrogens is 330 g/mol. The van der Waals surface area contributed by atoms with Crippen molar-refractivity contribution >= 4 is 22.7 Å². The lowest BCUT2D eigenvalue weighted by Gasteiger charge is -2.05. The SMILES string of the molecule is C=CCOc1ccccc1C=NNc1nc(-c2ccccc2)c(C)s1. The van der Waals surface area contributed by atoms with Crippen LogP contribution in [0.15, 0.2) is 72.4 Å². The summed E-state index contributed by atoms with van der Waals surface area (Å²) >= 11 is 1.58. The van der Waals surface area contributed by atoms with Crippen LogP contribution in [0, 0.1) is 6.92 Å². The maximum Gasteiger partial charge on any atom is 0.204 e. The van der Waals surface area contributed by atoms with Gasteiger partial charge in [0.1, 0.15) is 12.4 Å². The van der Waals surface area contributed by atoms with Gasteiger partial charge in [-0.15, -0.1) is 11.3 Å². The van der Waals surface area contributed by atoms with Gasteiger partial charge in [0.05, 0.1) is 11.9 Å². The predicted octanol–water partition coefficient (Wildman–Crippen LogP) is 5.13. The van der Waals surface area contributed by atoms with Crippen molar-refractivity contribution in [2.75, 3.05) is 12.0 Å². The smallest absolute Gasteiger partial charge is 0.204 e. The molecule has 0 bridgehead atoms. The Balaban J connectivity index is 1.72. The Kier molecular flexibility index (Phi) is 5.59. The molecule has 0 amide bonds. The number of ether oxygens (including phenoxy) is 1. The Morgan fingerprint density at radius 3 is 2.72 bits per heavy atom. The number of nitrogens with zero attached hydrogens (tertiary/aromatic N) is 2. The van der Waals surface area contributed by atoms with E-state index in [2.05, 4.69) is 41.1 Å². The van der Waals surface area contributed by atoms with Crippen molar-refractivity contribution in [2.24, 2.45) is 5.10 Å². The van der Waals surface area contributed by atoms with Crippen LogP contribution >= 0.6 is 11.3 Å². The minimum absolute atomic E-state index is 0.463. The van der Waals surface area contributed by atoms with Crippen molar-refractivity contribution < 1.29 is 4.74 Å². The first-order chi connectivity index (χ1) is 12.3. The number of anilines is 1. The first-order valence-corrected chi connectivity index (χ1v) is 8.74. The minimum Gasteiger partial charge on any atom is -0.489 e. The number of benzene rings is 2. The van der Waals surface area contributed by atoms with Crippen molar-refractivity contribution in [2.45, 2.75) is 6.92 Å². The molecule has 0 aliphatic carbocycles. The molecule has 5 heteroatoms. The third-order valence-corrected chi connectivity index (χ3v) is 4.36. The van der Waals surface area contributed by atoms with Crippen molar-refractivity contribution in [1.29, 1.82) is 0 Å². The summed E-state index contributed by atoms with van der Waals surface area (Å²) in [7, 11) is 0. The fourth-order valence-corrected chi connectivity index (χ4v) is 3.12. The van der Waals surface area contributed by atoms with E-state index in [1.165, 1.54) is 0 Å². The van der Waals surface area contributed by atoms with Crippen LogP contribution in [0.2, 0.25) is 0 Å². The van der Waals surface area contributed by atoms with Crippen LogP contribution in [0.3, 0.4) is 0 Å². The van der Waals surface area contributed by atoms with Gasteiger partial charge in [-0.2, -0.15) is 5.10 Å². The number of thiazole rings is 1. The number of para-hydroxylation sites is 1. The second-order valence-corrected chi connectivity index (χ2v) is 6.50. The monoisotopic (exact) mass is 349 g/mol. The molecule has 0 fully saturated rings. The molecule has 0 saturated heterocycles. The fourth-order valence-electron chi connectivity index (χ4n) is 2.33. The van der Waals surface area contributed by atoms with E-state index in [0.717, 1.165) is 32.6 Å². The number of hydrogen-bond donors (Lipinski definition) is 1. The van der Waals surface area contributed by atoms with Crippen LogP contribution in [0.5, 0.6) is 5.75 Å². The molecule has 1 heterocycles. The van der Waals surface area contributed by atoms with E-state index < -0.39 is 0 Å². The quantitative estimate of drug-likeness (QED) is 0.365. The Morgan fingerprint density at radius 2 is 1.92 bits per heavy atom. The highest BCUT2D eigenvalue weighted by Crippen LogP contribution is 2.30. The maximum absolute atomic E-state index is 5.62. The van der Waals surface area contributed by atoms with Gasteiger partial charge in [0.15, 0.2) is 0 Å². The normalized spacial score (nSPS) is 10.8.